The Balaban J connectivity index is 1.77. The van der Waals surface area contributed by atoms with Gasteiger partial charge in [-0.3, -0.25) is 0 Å². The lowest BCUT2D eigenvalue weighted by atomic mass is 9.91. The molecule has 1 fully saturated rings. The van der Waals surface area contributed by atoms with Crippen LogP contribution in [0.5, 0.6) is 0 Å². The minimum absolute atomic E-state index is 0.122. The number of benzene rings is 2. The molecule has 1 unspecified atom stereocenters. The van der Waals surface area contributed by atoms with E-state index in [0.717, 1.165) is 17.1 Å². The molecule has 3 heteroatoms. The molecule has 1 aliphatic carbocycles. The third kappa shape index (κ3) is 4.05. The molecule has 1 atom stereocenters. The molecule has 1 aliphatic rings. The van der Waals surface area contributed by atoms with Gasteiger partial charge in [-0.05, 0) is 48.6 Å². The largest absolute Gasteiger partial charge is 0.313 e. The lowest BCUT2D eigenvalue weighted by molar-refractivity contribution is 0.552. The van der Waals surface area contributed by atoms with E-state index < -0.39 is 0 Å². The van der Waals surface area contributed by atoms with Crippen LogP contribution in [0.4, 0.5) is 4.39 Å². The predicted octanol–water partition coefficient (Wildman–Crippen LogP) is 4.56. The predicted molar refractivity (Wildman–Crippen MR) is 85.3 cm³/mol. The average Bonchev–Trinajstić information content (AvgIpc) is 3.31. The third-order valence-corrected chi connectivity index (χ3v) is 4.25. The fourth-order valence-corrected chi connectivity index (χ4v) is 2.69. The van der Waals surface area contributed by atoms with Crippen LogP contribution >= 0.6 is 11.6 Å². The molecule has 21 heavy (non-hydrogen) atoms. The summed E-state index contributed by atoms with van der Waals surface area (Å²) in [6.07, 6.45) is 3.22. The second kappa shape index (κ2) is 6.59. The van der Waals surface area contributed by atoms with Crippen LogP contribution in [-0.4, -0.2) is 12.6 Å². The molecule has 3 rings (SSSR count). The van der Waals surface area contributed by atoms with E-state index in [0.29, 0.717) is 12.5 Å². The van der Waals surface area contributed by atoms with E-state index in [2.05, 4.69) is 5.32 Å². The van der Waals surface area contributed by atoms with E-state index >= 15 is 0 Å². The van der Waals surface area contributed by atoms with Crippen molar-refractivity contribution in [3.8, 4) is 0 Å². The summed E-state index contributed by atoms with van der Waals surface area (Å²) in [5, 5.41) is 4.29. The van der Waals surface area contributed by atoms with Crippen LogP contribution in [0, 0.1) is 5.82 Å². The molecular weight excluding hydrogens is 285 g/mol. The van der Waals surface area contributed by atoms with Crippen molar-refractivity contribution >= 4 is 11.6 Å². The van der Waals surface area contributed by atoms with Crippen molar-refractivity contribution in [3.05, 3.63) is 70.5 Å². The topological polar surface area (TPSA) is 12.0 Å². The summed E-state index contributed by atoms with van der Waals surface area (Å²) in [6, 6.07) is 15.6. The highest BCUT2D eigenvalue weighted by Gasteiger charge is 2.23. The normalized spacial score (nSPS) is 15.9. The van der Waals surface area contributed by atoms with Crippen molar-refractivity contribution in [3.63, 3.8) is 0 Å². The van der Waals surface area contributed by atoms with Gasteiger partial charge >= 0.3 is 0 Å². The van der Waals surface area contributed by atoms with E-state index in [-0.39, 0.29) is 11.7 Å². The monoisotopic (exact) mass is 303 g/mol. The minimum Gasteiger partial charge on any atom is -0.313 e. The SMILES string of the molecule is Fc1ccccc1CC(CNC1CC1)c1ccc(Cl)cc1. The third-order valence-electron chi connectivity index (χ3n) is 4.00. The molecule has 0 aliphatic heterocycles. The molecule has 2 aromatic rings. The van der Waals surface area contributed by atoms with Gasteiger partial charge in [0, 0.05) is 23.5 Å². The molecule has 2 aromatic carbocycles. The van der Waals surface area contributed by atoms with Gasteiger partial charge in [-0.1, -0.05) is 41.9 Å². The van der Waals surface area contributed by atoms with Crippen molar-refractivity contribution in [2.75, 3.05) is 6.54 Å². The summed E-state index contributed by atoms with van der Waals surface area (Å²) in [4.78, 5) is 0. The van der Waals surface area contributed by atoms with Crippen molar-refractivity contribution in [2.45, 2.75) is 31.2 Å². The quantitative estimate of drug-likeness (QED) is 0.825. The Hall–Kier alpha value is -1.38. The van der Waals surface area contributed by atoms with Crippen molar-refractivity contribution in [2.24, 2.45) is 0 Å². The molecular formula is C18H19ClFN. The summed E-state index contributed by atoms with van der Waals surface area (Å²) in [7, 11) is 0. The molecule has 0 saturated heterocycles. The van der Waals surface area contributed by atoms with Crippen molar-refractivity contribution in [1.29, 1.82) is 0 Å². The van der Waals surface area contributed by atoms with Crippen LogP contribution in [0.1, 0.15) is 29.9 Å². The second-order valence-corrected chi connectivity index (χ2v) is 6.16. The van der Waals surface area contributed by atoms with Gasteiger partial charge in [0.1, 0.15) is 5.82 Å². The zero-order valence-electron chi connectivity index (χ0n) is 11.9. The van der Waals surface area contributed by atoms with Gasteiger partial charge in [0.25, 0.3) is 0 Å². The molecule has 0 aromatic heterocycles. The highest BCUT2D eigenvalue weighted by Crippen LogP contribution is 2.26. The first-order valence-corrected chi connectivity index (χ1v) is 7.82. The summed E-state index contributed by atoms with van der Waals surface area (Å²) < 4.78 is 13.9. The zero-order valence-corrected chi connectivity index (χ0v) is 12.6. The summed E-state index contributed by atoms with van der Waals surface area (Å²) >= 11 is 5.96. The summed E-state index contributed by atoms with van der Waals surface area (Å²) in [5.41, 5.74) is 1.98. The van der Waals surface area contributed by atoms with Crippen LogP contribution in [0.3, 0.4) is 0 Å². The lowest BCUT2D eigenvalue weighted by Crippen LogP contribution is -2.25. The van der Waals surface area contributed by atoms with Crippen molar-refractivity contribution < 1.29 is 4.39 Å². The molecule has 1 nitrogen and oxygen atoms in total. The fourth-order valence-electron chi connectivity index (χ4n) is 2.57. The van der Waals surface area contributed by atoms with Crippen molar-refractivity contribution in [1.82, 2.24) is 5.32 Å². The Morgan fingerprint density at radius 1 is 1.10 bits per heavy atom. The fraction of sp³-hybridized carbons (Fsp3) is 0.333. The van der Waals surface area contributed by atoms with Gasteiger partial charge in [0.15, 0.2) is 0 Å². The Morgan fingerprint density at radius 2 is 1.81 bits per heavy atom. The van der Waals surface area contributed by atoms with Crippen LogP contribution < -0.4 is 5.32 Å². The maximum atomic E-state index is 13.9. The van der Waals surface area contributed by atoms with E-state index in [1.165, 1.54) is 24.5 Å². The van der Waals surface area contributed by atoms with E-state index in [1.807, 2.05) is 36.4 Å². The molecule has 0 bridgehead atoms. The first-order chi connectivity index (χ1) is 10.2. The van der Waals surface area contributed by atoms with Gasteiger partial charge in [-0.25, -0.2) is 4.39 Å². The number of nitrogens with one attached hydrogen (secondary N) is 1. The maximum absolute atomic E-state index is 13.9. The van der Waals surface area contributed by atoms with Gasteiger partial charge < -0.3 is 5.32 Å². The molecule has 0 spiro atoms. The average molecular weight is 304 g/mol. The Labute approximate surface area is 130 Å². The molecule has 0 radical (unpaired) electrons. The summed E-state index contributed by atoms with van der Waals surface area (Å²) in [5.74, 6) is 0.141. The summed E-state index contributed by atoms with van der Waals surface area (Å²) in [6.45, 7) is 0.876. The molecule has 0 amide bonds. The molecule has 1 N–H and O–H groups in total. The number of halogens is 2. The zero-order chi connectivity index (χ0) is 14.7. The second-order valence-electron chi connectivity index (χ2n) is 5.73. The van der Waals surface area contributed by atoms with Crippen LogP contribution in [0.25, 0.3) is 0 Å². The maximum Gasteiger partial charge on any atom is 0.126 e. The van der Waals surface area contributed by atoms with Gasteiger partial charge in [0.2, 0.25) is 0 Å². The Bertz CT molecular complexity index is 592. The molecule has 110 valence electrons. The van der Waals surface area contributed by atoms with Crippen LogP contribution in [0.15, 0.2) is 48.5 Å². The highest BCUT2D eigenvalue weighted by atomic mass is 35.5. The van der Waals surface area contributed by atoms with E-state index in [1.54, 1.807) is 6.07 Å². The molecule has 1 saturated carbocycles. The van der Waals surface area contributed by atoms with E-state index in [4.69, 9.17) is 11.6 Å². The Morgan fingerprint density at radius 3 is 2.48 bits per heavy atom. The number of rotatable bonds is 6. The minimum atomic E-state index is -0.122. The number of hydrogen-bond donors (Lipinski definition) is 1. The van der Waals surface area contributed by atoms with Gasteiger partial charge in [-0.15, -0.1) is 0 Å². The van der Waals surface area contributed by atoms with E-state index in [9.17, 15) is 4.39 Å². The number of hydrogen-bond acceptors (Lipinski definition) is 1. The smallest absolute Gasteiger partial charge is 0.126 e. The first-order valence-electron chi connectivity index (χ1n) is 7.44. The van der Waals surface area contributed by atoms with Crippen LogP contribution in [0.2, 0.25) is 5.02 Å². The van der Waals surface area contributed by atoms with Crippen LogP contribution in [-0.2, 0) is 6.42 Å². The standard InChI is InChI=1S/C18H19ClFN/c19-16-7-5-13(6-8-16)15(12-21-17-9-10-17)11-14-3-1-2-4-18(14)20/h1-8,15,17,21H,9-12H2. The first kappa shape index (κ1) is 14.6. The van der Waals surface area contributed by atoms with Gasteiger partial charge in [0.05, 0.1) is 0 Å². The van der Waals surface area contributed by atoms with Gasteiger partial charge in [-0.2, -0.15) is 0 Å². The molecule has 0 heterocycles. The Kier molecular flexibility index (Phi) is 4.57. The highest BCUT2D eigenvalue weighted by molar-refractivity contribution is 6.30. The lowest BCUT2D eigenvalue weighted by Gasteiger charge is -2.19.